The lowest BCUT2D eigenvalue weighted by Crippen LogP contribution is -2.31. The first-order valence-corrected chi connectivity index (χ1v) is 6.79. The molecule has 1 aliphatic carbocycles. The largest absolute Gasteiger partial charge is 0.478 e. The van der Waals surface area contributed by atoms with Gasteiger partial charge in [0.15, 0.2) is 0 Å². The zero-order chi connectivity index (χ0) is 14.2. The van der Waals surface area contributed by atoms with Gasteiger partial charge in [-0.15, -0.1) is 0 Å². The van der Waals surface area contributed by atoms with Crippen LogP contribution >= 0.6 is 0 Å². The first-order chi connectivity index (χ1) is 8.81. The third-order valence-corrected chi connectivity index (χ3v) is 4.13. The highest BCUT2D eigenvalue weighted by atomic mass is 16.4. The Morgan fingerprint density at radius 3 is 2.68 bits per heavy atom. The fourth-order valence-electron chi connectivity index (χ4n) is 2.99. The van der Waals surface area contributed by atoms with Crippen molar-refractivity contribution in [2.75, 3.05) is 5.32 Å². The maximum atomic E-state index is 11.4. The Bertz CT molecular complexity index is 509. The minimum Gasteiger partial charge on any atom is -0.478 e. The van der Waals surface area contributed by atoms with Crippen LogP contribution in [0, 0.1) is 19.3 Å². The molecule has 0 amide bonds. The molecule has 4 nitrogen and oxygen atoms in total. The maximum absolute atomic E-state index is 11.4. The van der Waals surface area contributed by atoms with Crippen molar-refractivity contribution in [3.05, 3.63) is 23.0 Å². The fourth-order valence-corrected chi connectivity index (χ4v) is 2.99. The molecule has 4 heteroatoms. The molecular weight excluding hydrogens is 240 g/mol. The Labute approximate surface area is 114 Å². The van der Waals surface area contributed by atoms with Crippen molar-refractivity contribution < 1.29 is 9.90 Å². The maximum Gasteiger partial charge on any atom is 0.339 e. The van der Waals surface area contributed by atoms with Gasteiger partial charge >= 0.3 is 5.97 Å². The lowest BCUT2D eigenvalue weighted by molar-refractivity contribution is 0.0696. The molecule has 1 aliphatic rings. The van der Waals surface area contributed by atoms with Crippen LogP contribution in [-0.4, -0.2) is 22.1 Å². The number of carboxylic acid groups (broad SMARTS) is 1. The van der Waals surface area contributed by atoms with Crippen molar-refractivity contribution in [1.29, 1.82) is 0 Å². The van der Waals surface area contributed by atoms with Gasteiger partial charge in [-0.1, -0.05) is 20.3 Å². The van der Waals surface area contributed by atoms with Gasteiger partial charge in [0.05, 0.1) is 11.4 Å². The fraction of sp³-hybridized carbons (Fsp3) is 0.600. The number of aromatic nitrogens is 1. The third kappa shape index (κ3) is 2.72. The standard InChI is InChI=1S/C15H22N2O2/c1-9-8-11(13(14(18)19)10(2)16-9)17-12-6-5-7-15(12,3)4/h8,12H,5-7H2,1-4H3,(H,16,17)(H,18,19). The summed E-state index contributed by atoms with van der Waals surface area (Å²) in [6.07, 6.45) is 3.46. The predicted octanol–water partition coefficient (Wildman–Crippen LogP) is 3.39. The minimum atomic E-state index is -0.914. The van der Waals surface area contributed by atoms with Crippen LogP contribution in [0.2, 0.25) is 0 Å². The number of nitrogens with one attached hydrogen (secondary N) is 1. The average molecular weight is 262 g/mol. The molecule has 1 heterocycles. The number of pyridine rings is 1. The molecule has 1 saturated carbocycles. The highest BCUT2D eigenvalue weighted by Crippen LogP contribution is 2.39. The van der Waals surface area contributed by atoms with Crippen LogP contribution in [0.25, 0.3) is 0 Å². The van der Waals surface area contributed by atoms with Crippen LogP contribution < -0.4 is 5.32 Å². The highest BCUT2D eigenvalue weighted by Gasteiger charge is 2.35. The first kappa shape index (κ1) is 13.8. The van der Waals surface area contributed by atoms with Gasteiger partial charge in [0.1, 0.15) is 5.56 Å². The van der Waals surface area contributed by atoms with E-state index in [2.05, 4.69) is 24.1 Å². The van der Waals surface area contributed by atoms with Crippen molar-refractivity contribution in [2.24, 2.45) is 5.41 Å². The van der Waals surface area contributed by atoms with Crippen LogP contribution in [-0.2, 0) is 0 Å². The second kappa shape index (κ2) is 4.83. The molecule has 0 radical (unpaired) electrons. The minimum absolute atomic E-state index is 0.209. The summed E-state index contributed by atoms with van der Waals surface area (Å²) in [7, 11) is 0. The molecule has 1 fully saturated rings. The summed E-state index contributed by atoms with van der Waals surface area (Å²) in [6, 6.07) is 2.16. The van der Waals surface area contributed by atoms with Crippen LogP contribution in [0.1, 0.15) is 54.9 Å². The third-order valence-electron chi connectivity index (χ3n) is 4.13. The molecule has 1 aromatic heterocycles. The Kier molecular flexibility index (Phi) is 3.52. The van der Waals surface area contributed by atoms with Crippen molar-refractivity contribution >= 4 is 11.7 Å². The van der Waals surface area contributed by atoms with E-state index >= 15 is 0 Å². The monoisotopic (exact) mass is 262 g/mol. The second-order valence-electron chi connectivity index (χ2n) is 6.15. The van der Waals surface area contributed by atoms with Crippen LogP contribution in [0.5, 0.6) is 0 Å². The number of carbonyl (C=O) groups is 1. The summed E-state index contributed by atoms with van der Waals surface area (Å²) in [4.78, 5) is 15.7. The van der Waals surface area contributed by atoms with Gasteiger partial charge in [-0.25, -0.2) is 4.79 Å². The molecule has 1 atom stereocenters. The van der Waals surface area contributed by atoms with Crippen molar-refractivity contribution in [3.8, 4) is 0 Å². The number of aromatic carboxylic acids is 1. The zero-order valence-electron chi connectivity index (χ0n) is 12.1. The van der Waals surface area contributed by atoms with E-state index < -0.39 is 5.97 Å². The normalized spacial score (nSPS) is 21.4. The summed E-state index contributed by atoms with van der Waals surface area (Å²) in [5.74, 6) is -0.914. The van der Waals surface area contributed by atoms with E-state index in [9.17, 15) is 9.90 Å². The topological polar surface area (TPSA) is 62.2 Å². The van der Waals surface area contributed by atoms with Crippen LogP contribution in [0.3, 0.4) is 0 Å². The van der Waals surface area contributed by atoms with Gasteiger partial charge in [-0.3, -0.25) is 4.98 Å². The predicted molar refractivity (Wildman–Crippen MR) is 75.7 cm³/mol. The summed E-state index contributed by atoms with van der Waals surface area (Å²) >= 11 is 0. The van der Waals surface area contributed by atoms with Gasteiger partial charge in [0, 0.05) is 11.7 Å². The molecular formula is C15H22N2O2. The highest BCUT2D eigenvalue weighted by molar-refractivity contribution is 5.95. The lowest BCUT2D eigenvalue weighted by Gasteiger charge is -2.29. The van der Waals surface area contributed by atoms with Crippen LogP contribution in [0.15, 0.2) is 6.07 Å². The summed E-state index contributed by atoms with van der Waals surface area (Å²) in [5, 5.41) is 12.8. The van der Waals surface area contributed by atoms with Gasteiger partial charge in [0.25, 0.3) is 0 Å². The van der Waals surface area contributed by atoms with E-state index in [1.807, 2.05) is 13.0 Å². The van der Waals surface area contributed by atoms with Gasteiger partial charge in [0.2, 0.25) is 0 Å². The first-order valence-electron chi connectivity index (χ1n) is 6.79. The molecule has 2 rings (SSSR count). The van der Waals surface area contributed by atoms with Crippen molar-refractivity contribution in [1.82, 2.24) is 4.98 Å². The number of hydrogen-bond donors (Lipinski definition) is 2. The van der Waals surface area contributed by atoms with E-state index in [1.54, 1.807) is 6.92 Å². The van der Waals surface area contributed by atoms with E-state index in [0.717, 1.165) is 12.1 Å². The number of carboxylic acids is 1. The molecule has 0 spiro atoms. The zero-order valence-corrected chi connectivity index (χ0v) is 12.1. The Balaban J connectivity index is 2.37. The van der Waals surface area contributed by atoms with Gasteiger partial charge < -0.3 is 10.4 Å². The molecule has 1 unspecified atom stereocenters. The van der Waals surface area contributed by atoms with Crippen molar-refractivity contribution in [3.63, 3.8) is 0 Å². The smallest absolute Gasteiger partial charge is 0.339 e. The molecule has 0 saturated heterocycles. The number of nitrogens with zero attached hydrogens (tertiary/aromatic N) is 1. The van der Waals surface area contributed by atoms with Crippen molar-refractivity contribution in [2.45, 2.75) is 53.0 Å². The molecule has 1 aromatic rings. The molecule has 0 aromatic carbocycles. The summed E-state index contributed by atoms with van der Waals surface area (Å²) < 4.78 is 0. The summed E-state index contributed by atoms with van der Waals surface area (Å²) in [5.41, 5.74) is 2.64. The van der Waals surface area contributed by atoms with E-state index in [4.69, 9.17) is 0 Å². The lowest BCUT2D eigenvalue weighted by atomic mass is 9.87. The quantitative estimate of drug-likeness (QED) is 0.876. The molecule has 0 aliphatic heterocycles. The Morgan fingerprint density at radius 2 is 2.16 bits per heavy atom. The molecule has 2 N–H and O–H groups in total. The Morgan fingerprint density at radius 1 is 1.47 bits per heavy atom. The van der Waals surface area contributed by atoms with Gasteiger partial charge in [-0.05, 0) is 38.2 Å². The number of rotatable bonds is 3. The molecule has 0 bridgehead atoms. The SMILES string of the molecule is Cc1cc(NC2CCCC2(C)C)c(C(=O)O)c(C)n1. The van der Waals surface area contributed by atoms with E-state index in [-0.39, 0.29) is 5.41 Å². The van der Waals surface area contributed by atoms with E-state index in [1.165, 1.54) is 12.8 Å². The number of aryl methyl sites for hydroxylation is 2. The number of hydrogen-bond acceptors (Lipinski definition) is 3. The summed E-state index contributed by atoms with van der Waals surface area (Å²) in [6.45, 7) is 8.11. The second-order valence-corrected chi connectivity index (χ2v) is 6.15. The number of anilines is 1. The molecule has 19 heavy (non-hydrogen) atoms. The average Bonchev–Trinajstić information content (AvgIpc) is 2.56. The Hall–Kier alpha value is -1.58. The van der Waals surface area contributed by atoms with E-state index in [0.29, 0.717) is 23.0 Å². The molecule has 104 valence electrons. The van der Waals surface area contributed by atoms with Crippen LogP contribution in [0.4, 0.5) is 5.69 Å². The van der Waals surface area contributed by atoms with Gasteiger partial charge in [-0.2, -0.15) is 0 Å².